The monoisotopic (exact) mass is 423 g/mol. The normalized spacial score (nSPS) is 24.9. The number of phenolic OH excluding ortho intramolecular Hbond substituents is 1. The molecule has 1 fully saturated rings. The highest BCUT2D eigenvalue weighted by Gasteiger charge is 2.51. The van der Waals surface area contributed by atoms with Crippen LogP contribution in [0, 0.1) is 29.1 Å². The van der Waals surface area contributed by atoms with Crippen LogP contribution in [0.25, 0.3) is 5.76 Å². The van der Waals surface area contributed by atoms with Gasteiger partial charge >= 0.3 is 0 Å². The van der Waals surface area contributed by atoms with E-state index in [0.717, 1.165) is 0 Å². The van der Waals surface area contributed by atoms with Gasteiger partial charge in [-0.3, -0.25) is 14.4 Å². The number of aromatic hydroxyl groups is 1. The third-order valence-corrected chi connectivity index (χ3v) is 6.47. The molecule has 31 heavy (non-hydrogen) atoms. The molecule has 0 saturated heterocycles. The first kappa shape index (κ1) is 20.5. The van der Waals surface area contributed by atoms with Crippen LogP contribution >= 0.6 is 0 Å². The number of phenols is 1. The summed E-state index contributed by atoms with van der Waals surface area (Å²) in [5, 5.41) is 41.6. The van der Waals surface area contributed by atoms with Crippen molar-refractivity contribution < 1.29 is 29.7 Å². The van der Waals surface area contributed by atoms with Crippen molar-refractivity contribution >= 4 is 28.9 Å². The molecule has 9 nitrogen and oxygen atoms in total. The Kier molecular flexibility index (Phi) is 4.54. The third kappa shape index (κ3) is 2.79. The molecule has 160 valence electrons. The van der Waals surface area contributed by atoms with Crippen LogP contribution in [0.15, 0.2) is 23.0 Å². The lowest BCUT2D eigenvalue weighted by Gasteiger charge is -2.41. The van der Waals surface area contributed by atoms with Gasteiger partial charge in [0, 0.05) is 31.8 Å². The molecule has 5 N–H and O–H groups in total. The molecule has 0 bridgehead atoms. The molecule has 0 spiro atoms. The number of ketones is 2. The van der Waals surface area contributed by atoms with E-state index in [1.54, 1.807) is 19.0 Å². The Morgan fingerprint density at radius 3 is 2.48 bits per heavy atom. The summed E-state index contributed by atoms with van der Waals surface area (Å²) < 4.78 is 0. The average molecular weight is 423 g/mol. The van der Waals surface area contributed by atoms with Crippen molar-refractivity contribution in [3.8, 4) is 11.8 Å². The van der Waals surface area contributed by atoms with Crippen molar-refractivity contribution in [3.63, 3.8) is 0 Å². The maximum atomic E-state index is 13.4. The Morgan fingerprint density at radius 1 is 1.23 bits per heavy atom. The number of amides is 1. The van der Waals surface area contributed by atoms with E-state index >= 15 is 0 Å². The van der Waals surface area contributed by atoms with E-state index in [1.165, 1.54) is 6.07 Å². The zero-order valence-corrected chi connectivity index (χ0v) is 17.0. The van der Waals surface area contributed by atoms with Crippen molar-refractivity contribution in [1.29, 1.82) is 5.26 Å². The van der Waals surface area contributed by atoms with Crippen molar-refractivity contribution in [1.82, 2.24) is 0 Å². The van der Waals surface area contributed by atoms with E-state index in [9.17, 15) is 35.0 Å². The number of allylic oxidation sites excluding steroid dienone is 2. The van der Waals surface area contributed by atoms with Crippen molar-refractivity contribution in [3.05, 3.63) is 39.7 Å². The van der Waals surface area contributed by atoms with Crippen LogP contribution in [-0.4, -0.2) is 46.9 Å². The van der Waals surface area contributed by atoms with Gasteiger partial charge in [0.15, 0.2) is 11.6 Å². The molecule has 1 amide bonds. The topological polar surface area (TPSA) is 165 Å². The van der Waals surface area contributed by atoms with Crippen LogP contribution in [-0.2, 0) is 20.8 Å². The molecule has 3 unspecified atom stereocenters. The Morgan fingerprint density at radius 2 is 1.90 bits per heavy atom. The fourth-order valence-corrected chi connectivity index (χ4v) is 5.17. The van der Waals surface area contributed by atoms with Crippen molar-refractivity contribution in [2.75, 3.05) is 19.0 Å². The lowest BCUT2D eigenvalue weighted by Crippen LogP contribution is -2.44. The number of nitriles is 1. The molecule has 1 saturated carbocycles. The number of hydrogen-bond donors (Lipinski definition) is 4. The SMILES string of the molecule is CN(C)c1cc(C#N)c(O)c2c1CC1CC3CC(=O)C(C(N)=O)=C(O)C3C(=O)C1=C2O. The van der Waals surface area contributed by atoms with Gasteiger partial charge in [-0.1, -0.05) is 0 Å². The van der Waals surface area contributed by atoms with Gasteiger partial charge in [-0.25, -0.2) is 0 Å². The number of benzene rings is 1. The van der Waals surface area contributed by atoms with Gasteiger partial charge in [0.2, 0.25) is 0 Å². The molecule has 9 heteroatoms. The standard InChI is InChI=1S/C22H21N3O6/c1-25(2)12-5-10(7-23)18(27)16-11(12)4-8-3-9-6-13(26)17(22(24)31)21(30)15(9)19(28)14(8)20(16)29/h5,8-9,15,27,29-30H,3-4,6H2,1-2H3,(H2,24,31). The van der Waals surface area contributed by atoms with Crippen LogP contribution in [0.5, 0.6) is 5.75 Å². The summed E-state index contributed by atoms with van der Waals surface area (Å²) in [5.41, 5.74) is 5.86. The lowest BCUT2D eigenvalue weighted by atomic mass is 9.61. The van der Waals surface area contributed by atoms with Gasteiger partial charge in [0.1, 0.15) is 28.9 Å². The molecule has 3 aliphatic rings. The van der Waals surface area contributed by atoms with Crippen LogP contribution in [0.1, 0.15) is 29.5 Å². The van der Waals surface area contributed by atoms with Gasteiger partial charge in [-0.05, 0) is 36.3 Å². The summed E-state index contributed by atoms with van der Waals surface area (Å²) in [4.78, 5) is 39.1. The summed E-state index contributed by atoms with van der Waals surface area (Å²) in [6, 6.07) is 3.41. The summed E-state index contributed by atoms with van der Waals surface area (Å²) >= 11 is 0. The molecule has 1 aromatic carbocycles. The Bertz CT molecular complexity index is 1170. The summed E-state index contributed by atoms with van der Waals surface area (Å²) in [6.07, 6.45) is 0.526. The number of rotatable bonds is 2. The van der Waals surface area contributed by atoms with E-state index in [-0.39, 0.29) is 23.1 Å². The van der Waals surface area contributed by atoms with E-state index in [2.05, 4.69) is 0 Å². The Hall–Kier alpha value is -3.80. The maximum absolute atomic E-state index is 13.4. The van der Waals surface area contributed by atoms with E-state index in [1.807, 2.05) is 6.07 Å². The predicted octanol–water partition coefficient (Wildman–Crippen LogP) is 1.25. The van der Waals surface area contributed by atoms with Gasteiger partial charge in [-0.15, -0.1) is 0 Å². The average Bonchev–Trinajstić information content (AvgIpc) is 2.66. The highest BCUT2D eigenvalue weighted by molar-refractivity contribution is 6.21. The minimum atomic E-state index is -1.16. The van der Waals surface area contributed by atoms with Crippen molar-refractivity contribution in [2.45, 2.75) is 19.3 Å². The smallest absolute Gasteiger partial charge is 0.255 e. The van der Waals surface area contributed by atoms with E-state index < -0.39 is 58.1 Å². The molecule has 0 heterocycles. The number of hydrogen-bond acceptors (Lipinski definition) is 8. The first-order chi connectivity index (χ1) is 14.6. The number of carbonyl (C=O) groups excluding carboxylic acids is 3. The molecule has 0 aromatic heterocycles. The highest BCUT2D eigenvalue weighted by Crippen LogP contribution is 2.51. The number of aliphatic hydroxyl groups excluding tert-OH is 2. The number of fused-ring (bicyclic) bond motifs is 3. The molecule has 3 atom stereocenters. The van der Waals surface area contributed by atoms with Gasteiger partial charge in [-0.2, -0.15) is 5.26 Å². The maximum Gasteiger partial charge on any atom is 0.255 e. The number of carbonyl (C=O) groups is 3. The van der Waals surface area contributed by atoms with E-state index in [0.29, 0.717) is 24.1 Å². The minimum absolute atomic E-state index is 0.0197. The number of nitrogens with zero attached hydrogens (tertiary/aromatic N) is 2. The zero-order chi connectivity index (χ0) is 22.8. The Balaban J connectivity index is 1.94. The number of aliphatic hydroxyl groups is 2. The van der Waals surface area contributed by atoms with Crippen LogP contribution < -0.4 is 10.6 Å². The van der Waals surface area contributed by atoms with Crippen LogP contribution in [0.2, 0.25) is 0 Å². The molecule has 4 rings (SSSR count). The predicted molar refractivity (Wildman–Crippen MR) is 109 cm³/mol. The molecular weight excluding hydrogens is 402 g/mol. The number of nitrogens with two attached hydrogens (primary N) is 1. The van der Waals surface area contributed by atoms with Crippen LogP contribution in [0.3, 0.4) is 0 Å². The first-order valence-electron chi connectivity index (χ1n) is 9.78. The summed E-state index contributed by atoms with van der Waals surface area (Å²) in [6.45, 7) is 0. The van der Waals surface area contributed by atoms with Gasteiger partial charge < -0.3 is 26.0 Å². The van der Waals surface area contributed by atoms with Gasteiger partial charge in [0.05, 0.1) is 17.0 Å². The van der Waals surface area contributed by atoms with E-state index in [4.69, 9.17) is 5.73 Å². The van der Waals surface area contributed by atoms with Crippen LogP contribution in [0.4, 0.5) is 5.69 Å². The number of primary amides is 1. The molecular formula is C22H21N3O6. The zero-order valence-electron chi connectivity index (χ0n) is 17.0. The molecule has 1 aromatic rings. The Labute approximate surface area is 177 Å². The number of anilines is 1. The first-order valence-corrected chi connectivity index (χ1v) is 9.78. The second-order valence-electron chi connectivity index (χ2n) is 8.40. The van der Waals surface area contributed by atoms with Crippen molar-refractivity contribution in [2.24, 2.45) is 23.5 Å². The largest absolute Gasteiger partial charge is 0.511 e. The second-order valence-corrected chi connectivity index (χ2v) is 8.40. The highest BCUT2D eigenvalue weighted by atomic mass is 16.3. The molecule has 0 aliphatic heterocycles. The summed E-state index contributed by atoms with van der Waals surface area (Å²) in [7, 11) is 3.53. The lowest BCUT2D eigenvalue weighted by molar-refractivity contribution is -0.127. The fourth-order valence-electron chi connectivity index (χ4n) is 5.17. The number of Topliss-reactive ketones (excluding diaryl/α,β-unsaturated/α-hetero) is 2. The fraction of sp³-hybridized carbons (Fsp3) is 0.364. The second kappa shape index (κ2) is 6.87. The minimum Gasteiger partial charge on any atom is -0.511 e. The molecule has 0 radical (unpaired) electrons. The molecule has 3 aliphatic carbocycles. The summed E-state index contributed by atoms with van der Waals surface area (Å²) in [5.74, 6) is -5.97. The van der Waals surface area contributed by atoms with Gasteiger partial charge in [0.25, 0.3) is 5.91 Å². The third-order valence-electron chi connectivity index (χ3n) is 6.47. The quantitative estimate of drug-likeness (QED) is 0.516.